The van der Waals surface area contributed by atoms with Gasteiger partial charge in [-0.05, 0) is 48.9 Å². The topological polar surface area (TPSA) is 22.1 Å². The summed E-state index contributed by atoms with van der Waals surface area (Å²) in [7, 11) is 0. The van der Waals surface area contributed by atoms with Gasteiger partial charge in [0.05, 0.1) is 15.8 Å². The molecule has 0 atom stereocenters. The van der Waals surface area contributed by atoms with Gasteiger partial charge in [-0.1, -0.05) is 35.6 Å². The fraction of sp³-hybridized carbons (Fsp3) is 0.0690. The highest BCUT2D eigenvalue weighted by atomic mass is 32.1. The molecule has 0 fully saturated rings. The van der Waals surface area contributed by atoms with E-state index in [0.29, 0.717) is 16.9 Å². The quantitative estimate of drug-likeness (QED) is 0.126. The first-order chi connectivity index (χ1) is 18.5. The molecule has 0 aliphatic rings. The molecule has 10 heteroatoms. The minimum atomic E-state index is -4.14. The second-order valence-electron chi connectivity index (χ2n) is 8.45. The van der Waals surface area contributed by atoms with Crippen molar-refractivity contribution in [2.75, 3.05) is 0 Å². The van der Waals surface area contributed by atoms with Crippen molar-refractivity contribution in [1.29, 1.82) is 0 Å². The summed E-state index contributed by atoms with van der Waals surface area (Å²) in [6.45, 7) is 1.92. The van der Waals surface area contributed by atoms with Gasteiger partial charge in [0.25, 0.3) is 0 Å². The molecule has 1 heterocycles. The molecule has 0 amide bonds. The van der Waals surface area contributed by atoms with Crippen molar-refractivity contribution in [1.82, 2.24) is 4.98 Å². The Bertz CT molecular complexity index is 1740. The van der Waals surface area contributed by atoms with Crippen LogP contribution in [0.2, 0.25) is 0 Å². The maximum Gasteiger partial charge on any atom is 0.454 e. The van der Waals surface area contributed by atoms with Gasteiger partial charge >= 0.3 is 6.11 Å². The van der Waals surface area contributed by atoms with Crippen molar-refractivity contribution >= 4 is 21.6 Å². The summed E-state index contributed by atoms with van der Waals surface area (Å²) in [5, 5.41) is -0.887. The number of alkyl halides is 2. The van der Waals surface area contributed by atoms with Crippen LogP contribution in [-0.4, -0.2) is 4.98 Å². The van der Waals surface area contributed by atoms with Gasteiger partial charge in [0, 0.05) is 23.3 Å². The fourth-order valence-electron chi connectivity index (χ4n) is 3.69. The van der Waals surface area contributed by atoms with Crippen molar-refractivity contribution in [3.05, 3.63) is 118 Å². The van der Waals surface area contributed by atoms with Crippen LogP contribution in [0.3, 0.4) is 0 Å². The lowest BCUT2D eigenvalue weighted by Gasteiger charge is -2.15. The first-order valence-corrected chi connectivity index (χ1v) is 12.0. The number of hydrogen-bond donors (Lipinski definition) is 0. The summed E-state index contributed by atoms with van der Waals surface area (Å²) in [5.74, 6) is -2.44. The number of rotatable bonds is 4. The minimum Gasteiger partial charge on any atom is -0.427 e. The molecule has 0 spiro atoms. The second-order valence-corrected chi connectivity index (χ2v) is 9.48. The van der Waals surface area contributed by atoms with Gasteiger partial charge in [-0.25, -0.2) is 26.9 Å². The highest BCUT2D eigenvalue weighted by Gasteiger charge is 2.39. The summed E-state index contributed by atoms with van der Waals surface area (Å²) in [4.78, 5) is 3.77. The summed E-state index contributed by atoms with van der Waals surface area (Å²) in [6, 6.07) is 13.9. The van der Waals surface area contributed by atoms with E-state index in [1.54, 1.807) is 12.1 Å². The van der Waals surface area contributed by atoms with Gasteiger partial charge < -0.3 is 4.74 Å². The predicted octanol–water partition coefficient (Wildman–Crippen LogP) is 8.50. The van der Waals surface area contributed by atoms with Crippen LogP contribution in [0, 0.1) is 47.9 Å². The monoisotopic (exact) mass is 557 g/mol. The lowest BCUT2D eigenvalue weighted by atomic mass is 10.0. The zero-order valence-electron chi connectivity index (χ0n) is 19.8. The van der Waals surface area contributed by atoms with E-state index in [-0.39, 0.29) is 39.0 Å². The van der Waals surface area contributed by atoms with E-state index in [1.165, 1.54) is 18.2 Å². The lowest BCUT2D eigenvalue weighted by Crippen LogP contribution is -2.21. The Morgan fingerprint density at radius 2 is 1.36 bits per heavy atom. The molecule has 0 radical (unpaired) electrons. The molecule has 0 aliphatic carbocycles. The first kappa shape index (κ1) is 26.3. The van der Waals surface area contributed by atoms with Crippen molar-refractivity contribution in [2.24, 2.45) is 0 Å². The van der Waals surface area contributed by atoms with E-state index in [9.17, 15) is 30.7 Å². The average molecular weight is 557 g/mol. The predicted molar refractivity (Wildman–Crippen MR) is 133 cm³/mol. The van der Waals surface area contributed by atoms with Crippen LogP contribution >= 0.6 is 11.3 Å². The third kappa shape index (κ3) is 5.45. The highest BCUT2D eigenvalue weighted by Crippen LogP contribution is 2.39. The number of fused-ring (bicyclic) bond motifs is 1. The molecular weight excluding hydrogens is 543 g/mol. The molecule has 0 unspecified atom stereocenters. The second kappa shape index (κ2) is 10.1. The lowest BCUT2D eigenvalue weighted by molar-refractivity contribution is -0.185. The zero-order chi connectivity index (χ0) is 27.9. The highest BCUT2D eigenvalue weighted by molar-refractivity contribution is 7.18. The SMILES string of the molecule is Cc1ccc(C#Cc2cc(F)c(-c3ccc4nc(C(F)(F)Oc5cc(F)c(F)c(F)c5)sc4c3)c(F)c2)cc1. The van der Waals surface area contributed by atoms with Gasteiger partial charge in [-0.15, -0.1) is 11.3 Å². The van der Waals surface area contributed by atoms with Gasteiger partial charge in [-0.3, -0.25) is 0 Å². The molecule has 4 aromatic carbocycles. The van der Waals surface area contributed by atoms with E-state index in [4.69, 9.17) is 0 Å². The Labute approximate surface area is 221 Å². The molecule has 196 valence electrons. The van der Waals surface area contributed by atoms with Crippen LogP contribution in [0.25, 0.3) is 21.3 Å². The van der Waals surface area contributed by atoms with E-state index in [0.717, 1.165) is 17.7 Å². The molecule has 0 bridgehead atoms. The molecule has 2 nitrogen and oxygen atoms in total. The average Bonchev–Trinajstić information content (AvgIpc) is 3.31. The largest absolute Gasteiger partial charge is 0.454 e. The summed E-state index contributed by atoms with van der Waals surface area (Å²) >= 11 is 0.450. The van der Waals surface area contributed by atoms with Gasteiger partial charge in [0.2, 0.25) is 5.01 Å². The smallest absolute Gasteiger partial charge is 0.427 e. The summed E-state index contributed by atoms with van der Waals surface area (Å²) in [5.41, 5.74) is 1.58. The van der Waals surface area contributed by atoms with E-state index in [2.05, 4.69) is 21.6 Å². The first-order valence-electron chi connectivity index (χ1n) is 11.2. The van der Waals surface area contributed by atoms with Crippen LogP contribution in [0.4, 0.5) is 30.7 Å². The standard InChI is InChI=1S/C29H14F7NOS/c1-15-2-4-16(5-3-15)6-7-17-10-20(30)26(21(31)11-17)18-8-9-24-25(12-18)39-28(37-24)29(35,36)38-19-13-22(32)27(34)23(33)14-19/h2-5,8-14H,1H3. The maximum absolute atomic E-state index is 15.0. The van der Waals surface area contributed by atoms with Gasteiger partial charge in [0.15, 0.2) is 17.5 Å². The number of ether oxygens (including phenoxy) is 1. The van der Waals surface area contributed by atoms with Crippen molar-refractivity contribution in [2.45, 2.75) is 13.0 Å². The number of nitrogens with zero attached hydrogens (tertiary/aromatic N) is 1. The van der Waals surface area contributed by atoms with Crippen LogP contribution in [-0.2, 0) is 6.11 Å². The Kier molecular flexibility index (Phi) is 6.78. The minimum absolute atomic E-state index is 0.0673. The number of halogens is 7. The zero-order valence-corrected chi connectivity index (χ0v) is 20.6. The Morgan fingerprint density at radius 1 is 0.744 bits per heavy atom. The number of aromatic nitrogens is 1. The molecule has 5 aromatic rings. The number of thiazole rings is 1. The van der Waals surface area contributed by atoms with Crippen LogP contribution in [0.15, 0.2) is 66.7 Å². The number of aryl methyl sites for hydroxylation is 1. The molecule has 0 aliphatic heterocycles. The Balaban J connectivity index is 1.44. The molecule has 0 saturated heterocycles. The molecule has 39 heavy (non-hydrogen) atoms. The van der Waals surface area contributed by atoms with Crippen molar-refractivity contribution in [3.8, 4) is 28.7 Å². The molecule has 0 saturated carbocycles. The summed E-state index contributed by atoms with van der Waals surface area (Å²) in [6.07, 6.45) is -4.14. The van der Waals surface area contributed by atoms with Crippen molar-refractivity contribution < 1.29 is 35.5 Å². The van der Waals surface area contributed by atoms with Crippen LogP contribution < -0.4 is 4.74 Å². The molecule has 1 aromatic heterocycles. The van der Waals surface area contributed by atoms with Gasteiger partial charge in [-0.2, -0.15) is 8.78 Å². The van der Waals surface area contributed by atoms with E-state index < -0.39 is 46.0 Å². The third-order valence-electron chi connectivity index (χ3n) is 5.57. The van der Waals surface area contributed by atoms with E-state index >= 15 is 0 Å². The van der Waals surface area contributed by atoms with Crippen LogP contribution in [0.5, 0.6) is 5.75 Å². The molecular formula is C29H14F7NOS. The van der Waals surface area contributed by atoms with Crippen molar-refractivity contribution in [3.63, 3.8) is 0 Å². The Morgan fingerprint density at radius 3 is 2.00 bits per heavy atom. The normalized spacial score (nSPS) is 11.4. The maximum atomic E-state index is 15.0. The van der Waals surface area contributed by atoms with Crippen LogP contribution in [0.1, 0.15) is 21.7 Å². The van der Waals surface area contributed by atoms with Gasteiger partial charge in [0.1, 0.15) is 17.4 Å². The fourth-order valence-corrected chi connectivity index (χ4v) is 4.61. The number of hydrogen-bond acceptors (Lipinski definition) is 3. The van der Waals surface area contributed by atoms with E-state index in [1.807, 2.05) is 19.1 Å². The third-order valence-corrected chi connectivity index (χ3v) is 6.64. The number of benzene rings is 4. The Hall–Kier alpha value is -4.36. The summed E-state index contributed by atoms with van der Waals surface area (Å²) < 4.78 is 104. The molecule has 5 rings (SSSR count). The molecule has 0 N–H and O–H groups in total.